The molecule has 0 fully saturated rings. The number of nitrogens with zero attached hydrogens (tertiary/aromatic N) is 2. The van der Waals surface area contributed by atoms with Crippen molar-refractivity contribution in [3.8, 4) is 0 Å². The third-order valence-corrected chi connectivity index (χ3v) is 7.79. The molecule has 0 spiro atoms. The number of rotatable bonds is 6. The van der Waals surface area contributed by atoms with Crippen LogP contribution in [-0.4, -0.2) is 25.1 Å². The number of fused-ring (bicyclic) bond motifs is 1. The van der Waals surface area contributed by atoms with E-state index in [9.17, 15) is 13.2 Å². The van der Waals surface area contributed by atoms with E-state index in [2.05, 4.69) is 11.1 Å². The fraction of sp³-hybridized carbons (Fsp3) is 0.167. The van der Waals surface area contributed by atoms with Crippen LogP contribution in [0.1, 0.15) is 28.4 Å². The maximum Gasteiger partial charge on any atom is 0.260 e. The highest BCUT2D eigenvalue weighted by Gasteiger charge is 2.23. The van der Waals surface area contributed by atoms with Crippen molar-refractivity contribution < 1.29 is 13.2 Å². The second-order valence-electron chi connectivity index (χ2n) is 7.28. The topological polar surface area (TPSA) is 67.3 Å². The molecule has 5 nitrogen and oxygen atoms in total. The Balaban J connectivity index is 1.78. The second-order valence-corrected chi connectivity index (χ2v) is 10.6. The Bertz CT molecular complexity index is 1350. The molecule has 1 heterocycles. The highest BCUT2D eigenvalue weighted by atomic mass is 32.2. The van der Waals surface area contributed by atoms with Gasteiger partial charge in [0.1, 0.15) is 0 Å². The zero-order chi connectivity index (χ0) is 22.0. The number of carbonyl (C=O) groups is 1. The van der Waals surface area contributed by atoms with E-state index in [4.69, 9.17) is 0 Å². The molecular formula is C24H22N2O3S2. The number of carbonyl (C=O) groups excluding carboxylic acids is 1. The molecule has 4 aromatic rings. The number of thiazole rings is 1. The summed E-state index contributed by atoms with van der Waals surface area (Å²) in [6.45, 7) is 3.95. The SMILES string of the molecule is CCS(=O)(=O)c1cccc(C(=O)N(Cc2ccccc2)c2nc3ccc(C)cc3s2)c1. The van der Waals surface area contributed by atoms with E-state index in [1.807, 2.05) is 49.4 Å². The summed E-state index contributed by atoms with van der Waals surface area (Å²) in [4.78, 5) is 20.0. The smallest absolute Gasteiger partial charge is 0.260 e. The molecule has 4 rings (SSSR count). The van der Waals surface area contributed by atoms with Crippen LogP contribution in [0, 0.1) is 6.92 Å². The van der Waals surface area contributed by atoms with Gasteiger partial charge in [-0.25, -0.2) is 13.4 Å². The van der Waals surface area contributed by atoms with Crippen LogP contribution in [0.15, 0.2) is 77.7 Å². The Morgan fingerprint density at radius 2 is 1.77 bits per heavy atom. The van der Waals surface area contributed by atoms with Gasteiger partial charge in [-0.15, -0.1) is 0 Å². The molecule has 3 aromatic carbocycles. The highest BCUT2D eigenvalue weighted by Crippen LogP contribution is 2.31. The predicted molar refractivity (Wildman–Crippen MR) is 125 cm³/mol. The van der Waals surface area contributed by atoms with E-state index < -0.39 is 9.84 Å². The summed E-state index contributed by atoms with van der Waals surface area (Å²) in [5.74, 6) is -0.303. The van der Waals surface area contributed by atoms with Gasteiger partial charge in [0.25, 0.3) is 5.91 Å². The molecule has 7 heteroatoms. The van der Waals surface area contributed by atoms with Crippen molar-refractivity contribution in [1.29, 1.82) is 0 Å². The lowest BCUT2D eigenvalue weighted by Gasteiger charge is -2.20. The number of hydrogen-bond acceptors (Lipinski definition) is 5. The Labute approximate surface area is 185 Å². The number of amides is 1. The van der Waals surface area contributed by atoms with Gasteiger partial charge < -0.3 is 0 Å². The van der Waals surface area contributed by atoms with E-state index in [1.54, 1.807) is 24.0 Å². The summed E-state index contributed by atoms with van der Waals surface area (Å²) >= 11 is 1.45. The van der Waals surface area contributed by atoms with Crippen molar-refractivity contribution >= 4 is 42.4 Å². The maximum atomic E-state index is 13.6. The molecule has 0 aliphatic carbocycles. The van der Waals surface area contributed by atoms with Gasteiger partial charge in [0.15, 0.2) is 15.0 Å². The summed E-state index contributed by atoms with van der Waals surface area (Å²) < 4.78 is 25.6. The van der Waals surface area contributed by atoms with E-state index in [-0.39, 0.29) is 16.6 Å². The Hall–Kier alpha value is -3.03. The lowest BCUT2D eigenvalue weighted by molar-refractivity contribution is 0.0985. The number of hydrogen-bond donors (Lipinski definition) is 0. The quantitative estimate of drug-likeness (QED) is 0.403. The molecule has 0 aliphatic rings. The van der Waals surface area contributed by atoms with Crippen LogP contribution in [0.3, 0.4) is 0 Å². The maximum absolute atomic E-state index is 13.6. The molecular weight excluding hydrogens is 428 g/mol. The van der Waals surface area contributed by atoms with Crippen molar-refractivity contribution in [2.45, 2.75) is 25.3 Å². The molecule has 158 valence electrons. The van der Waals surface area contributed by atoms with Crippen LogP contribution >= 0.6 is 11.3 Å². The number of sulfone groups is 1. The van der Waals surface area contributed by atoms with Crippen molar-refractivity contribution in [3.63, 3.8) is 0 Å². The van der Waals surface area contributed by atoms with Gasteiger partial charge in [0, 0.05) is 5.56 Å². The minimum absolute atomic E-state index is 0.0183. The molecule has 0 saturated heterocycles. The van der Waals surface area contributed by atoms with Crippen LogP contribution in [0.4, 0.5) is 5.13 Å². The predicted octanol–water partition coefficient (Wildman–Crippen LogP) is 5.25. The first-order valence-electron chi connectivity index (χ1n) is 9.93. The van der Waals surface area contributed by atoms with E-state index in [0.717, 1.165) is 21.3 Å². The largest absolute Gasteiger partial charge is 0.279 e. The first-order valence-corrected chi connectivity index (χ1v) is 12.4. The molecule has 0 atom stereocenters. The van der Waals surface area contributed by atoms with Gasteiger partial charge in [-0.2, -0.15) is 0 Å². The molecule has 31 heavy (non-hydrogen) atoms. The minimum Gasteiger partial charge on any atom is -0.279 e. The Kier molecular flexibility index (Phi) is 5.89. The molecule has 0 saturated carbocycles. The zero-order valence-corrected chi connectivity index (χ0v) is 18.9. The Morgan fingerprint density at radius 3 is 2.52 bits per heavy atom. The summed E-state index contributed by atoms with van der Waals surface area (Å²) in [6, 6.07) is 21.9. The van der Waals surface area contributed by atoms with Crippen LogP contribution in [0.5, 0.6) is 0 Å². The molecule has 0 unspecified atom stereocenters. The van der Waals surface area contributed by atoms with E-state index in [0.29, 0.717) is 17.2 Å². The number of aryl methyl sites for hydroxylation is 1. The van der Waals surface area contributed by atoms with Gasteiger partial charge in [-0.3, -0.25) is 9.69 Å². The van der Waals surface area contributed by atoms with Crippen molar-refractivity contribution in [2.75, 3.05) is 10.7 Å². The summed E-state index contributed by atoms with van der Waals surface area (Å²) in [5.41, 5.74) is 3.24. The van der Waals surface area contributed by atoms with Crippen molar-refractivity contribution in [1.82, 2.24) is 4.98 Å². The third kappa shape index (κ3) is 4.52. The molecule has 0 radical (unpaired) electrons. The average Bonchev–Trinajstić information content (AvgIpc) is 3.20. The van der Waals surface area contributed by atoms with E-state index >= 15 is 0 Å². The molecule has 1 aromatic heterocycles. The summed E-state index contributed by atoms with van der Waals surface area (Å²) in [6.07, 6.45) is 0. The van der Waals surface area contributed by atoms with Crippen LogP contribution < -0.4 is 4.90 Å². The summed E-state index contributed by atoms with van der Waals surface area (Å²) in [5, 5.41) is 0.582. The van der Waals surface area contributed by atoms with Gasteiger partial charge in [0.05, 0.1) is 27.4 Å². The van der Waals surface area contributed by atoms with Gasteiger partial charge in [-0.1, -0.05) is 60.7 Å². The van der Waals surface area contributed by atoms with E-state index in [1.165, 1.54) is 23.5 Å². The fourth-order valence-electron chi connectivity index (χ4n) is 3.27. The number of anilines is 1. The second kappa shape index (κ2) is 8.61. The van der Waals surface area contributed by atoms with Crippen molar-refractivity contribution in [3.05, 3.63) is 89.5 Å². The monoisotopic (exact) mass is 450 g/mol. The van der Waals surface area contributed by atoms with Crippen molar-refractivity contribution in [2.24, 2.45) is 0 Å². The van der Waals surface area contributed by atoms with Gasteiger partial charge in [-0.05, 0) is 48.4 Å². The normalized spacial score (nSPS) is 11.5. The van der Waals surface area contributed by atoms with Gasteiger partial charge in [0.2, 0.25) is 0 Å². The lowest BCUT2D eigenvalue weighted by atomic mass is 10.1. The molecule has 0 bridgehead atoms. The molecule has 0 N–H and O–H groups in total. The lowest BCUT2D eigenvalue weighted by Crippen LogP contribution is -2.30. The number of aromatic nitrogens is 1. The highest BCUT2D eigenvalue weighted by molar-refractivity contribution is 7.91. The standard InChI is InChI=1S/C24H22N2O3S2/c1-3-31(28,29)20-11-7-10-19(15-20)23(27)26(16-18-8-5-4-6-9-18)24-25-21-13-12-17(2)14-22(21)30-24/h4-15H,3,16H2,1-2H3. The fourth-order valence-corrected chi connectivity index (χ4v) is 5.26. The third-order valence-electron chi connectivity index (χ3n) is 5.01. The Morgan fingerprint density at radius 1 is 1.00 bits per heavy atom. The number of benzene rings is 3. The zero-order valence-electron chi connectivity index (χ0n) is 17.3. The summed E-state index contributed by atoms with van der Waals surface area (Å²) in [7, 11) is -3.41. The molecule has 0 aliphatic heterocycles. The average molecular weight is 451 g/mol. The van der Waals surface area contributed by atoms with Crippen LogP contribution in [0.25, 0.3) is 10.2 Å². The molecule has 1 amide bonds. The van der Waals surface area contributed by atoms with Crippen LogP contribution in [-0.2, 0) is 16.4 Å². The van der Waals surface area contributed by atoms with Gasteiger partial charge >= 0.3 is 0 Å². The first kappa shape index (κ1) is 21.2. The van der Waals surface area contributed by atoms with Crippen LogP contribution in [0.2, 0.25) is 0 Å². The first-order chi connectivity index (χ1) is 14.9. The minimum atomic E-state index is -3.41.